The summed E-state index contributed by atoms with van der Waals surface area (Å²) in [5.41, 5.74) is 10.2. The summed E-state index contributed by atoms with van der Waals surface area (Å²) in [4.78, 5) is 0. The van der Waals surface area contributed by atoms with Crippen molar-refractivity contribution < 1.29 is 0 Å². The highest BCUT2D eigenvalue weighted by Crippen LogP contribution is 2.58. The fourth-order valence-corrected chi connectivity index (χ4v) is 6.85. The second-order valence-corrected chi connectivity index (χ2v) is 9.67. The minimum atomic E-state index is -0.384. The first-order valence-corrected chi connectivity index (χ1v) is 12.2. The maximum Gasteiger partial charge on any atom is 0.0734 e. The third-order valence-corrected chi connectivity index (χ3v) is 8.19. The second kappa shape index (κ2) is 7.06. The number of para-hydroxylation sites is 1. The first-order chi connectivity index (χ1) is 16.3. The maximum atomic E-state index is 2.50. The van der Waals surface area contributed by atoms with Gasteiger partial charge in [-0.15, -0.1) is 0 Å². The van der Waals surface area contributed by atoms with Crippen molar-refractivity contribution in [3.8, 4) is 11.1 Å². The van der Waals surface area contributed by atoms with E-state index in [1.54, 1.807) is 0 Å². The van der Waals surface area contributed by atoms with Crippen molar-refractivity contribution in [2.45, 2.75) is 5.41 Å². The summed E-state index contributed by atoms with van der Waals surface area (Å²) in [6.45, 7) is 0. The minimum Gasteiger partial charge on any atom is -0.281 e. The quantitative estimate of drug-likeness (QED) is 0.197. The zero-order chi connectivity index (χ0) is 22.0. The molecular weight excluding hydrogens is 513 g/mol. The van der Waals surface area contributed by atoms with Crippen molar-refractivity contribution in [1.29, 1.82) is 0 Å². The van der Waals surface area contributed by atoms with Gasteiger partial charge >= 0.3 is 0 Å². The largest absolute Gasteiger partial charge is 0.281 e. The lowest BCUT2D eigenvalue weighted by Crippen LogP contribution is -2.29. The molecule has 1 aromatic heterocycles. The van der Waals surface area contributed by atoms with Crippen LogP contribution in [-0.2, 0) is 5.41 Å². The Morgan fingerprint density at radius 3 is 1.85 bits per heavy atom. The van der Waals surface area contributed by atoms with Gasteiger partial charge in [-0.05, 0) is 33.9 Å². The molecule has 1 aliphatic carbocycles. The number of aromatic nitrogens is 1. The van der Waals surface area contributed by atoms with Crippen LogP contribution in [-0.4, -0.2) is 2.78 Å². The van der Waals surface area contributed by atoms with Gasteiger partial charge in [0.1, 0.15) is 0 Å². The van der Waals surface area contributed by atoms with Gasteiger partial charge in [-0.3, -0.25) is 2.78 Å². The number of hydrogen-bond donors (Lipinski definition) is 0. The molecule has 0 N–H and O–H groups in total. The second-order valence-electron chi connectivity index (χ2n) is 8.71. The Labute approximate surface area is 206 Å². The van der Waals surface area contributed by atoms with E-state index >= 15 is 0 Å². The van der Waals surface area contributed by atoms with Crippen molar-refractivity contribution in [3.63, 3.8) is 0 Å². The monoisotopic (exact) mass is 533 g/mol. The van der Waals surface area contributed by atoms with E-state index in [9.17, 15) is 0 Å². The lowest BCUT2D eigenvalue weighted by molar-refractivity contribution is 0.773. The third-order valence-electron chi connectivity index (χ3n) is 7.19. The molecular formula is C31H20IN. The van der Waals surface area contributed by atoms with Crippen molar-refractivity contribution >= 4 is 44.7 Å². The van der Waals surface area contributed by atoms with E-state index in [0.29, 0.717) is 0 Å². The summed E-state index contributed by atoms with van der Waals surface area (Å²) in [5.74, 6) is 0. The van der Waals surface area contributed by atoms with E-state index in [2.05, 4.69) is 147 Å². The van der Waals surface area contributed by atoms with Crippen LogP contribution in [0.3, 0.4) is 0 Å². The Hall–Kier alpha value is -3.37. The smallest absolute Gasteiger partial charge is 0.0734 e. The number of rotatable bonds is 2. The molecule has 0 amide bonds. The average molecular weight is 533 g/mol. The van der Waals surface area contributed by atoms with Gasteiger partial charge in [-0.1, -0.05) is 115 Å². The topological polar surface area (TPSA) is 4.93 Å². The summed E-state index contributed by atoms with van der Waals surface area (Å²) in [5, 5.41) is 2.61. The Balaban J connectivity index is 1.77. The van der Waals surface area contributed by atoms with Crippen LogP contribution in [0.5, 0.6) is 0 Å². The van der Waals surface area contributed by atoms with E-state index in [4.69, 9.17) is 0 Å². The van der Waals surface area contributed by atoms with Gasteiger partial charge in [0.05, 0.1) is 39.3 Å². The Morgan fingerprint density at radius 2 is 1.12 bits per heavy atom. The number of fused-ring (bicyclic) bond motifs is 7. The number of halogens is 1. The molecule has 1 nitrogen and oxygen atoms in total. The Kier molecular flexibility index (Phi) is 4.09. The van der Waals surface area contributed by atoms with Gasteiger partial charge < -0.3 is 0 Å². The van der Waals surface area contributed by atoms with E-state index in [1.807, 2.05) is 0 Å². The van der Waals surface area contributed by atoms with E-state index in [1.165, 1.54) is 55.2 Å². The molecule has 0 fully saturated rings. The molecule has 0 saturated carbocycles. The zero-order valence-corrected chi connectivity index (χ0v) is 20.0. The molecule has 156 valence electrons. The predicted molar refractivity (Wildman–Crippen MR) is 146 cm³/mol. The third kappa shape index (κ3) is 2.42. The predicted octanol–water partition coefficient (Wildman–Crippen LogP) is 8.36. The Bertz CT molecular complexity index is 1620. The van der Waals surface area contributed by atoms with Crippen LogP contribution in [0.25, 0.3) is 32.9 Å². The highest BCUT2D eigenvalue weighted by atomic mass is 127. The first kappa shape index (κ1) is 19.1. The van der Waals surface area contributed by atoms with Crippen LogP contribution in [0, 0.1) is 0 Å². The van der Waals surface area contributed by atoms with Crippen LogP contribution in [0.1, 0.15) is 22.3 Å². The van der Waals surface area contributed by atoms with Crippen molar-refractivity contribution in [3.05, 3.63) is 144 Å². The van der Waals surface area contributed by atoms with E-state index in [-0.39, 0.29) is 5.41 Å². The van der Waals surface area contributed by atoms with E-state index in [0.717, 1.165) is 0 Å². The van der Waals surface area contributed by atoms with Crippen LogP contribution >= 0.6 is 22.9 Å². The number of hydrogen-bond acceptors (Lipinski definition) is 0. The molecule has 6 aromatic rings. The highest BCUT2D eigenvalue weighted by molar-refractivity contribution is 14.1. The molecule has 7 rings (SSSR count). The molecule has 0 atom stereocenters. The van der Waals surface area contributed by atoms with Gasteiger partial charge in [0, 0.05) is 16.3 Å². The SMILES string of the molecule is In1c2ccccc2c2ccc3c(c21)C(c1ccccc1)(c1ccccc1)c1ccccc1-3. The van der Waals surface area contributed by atoms with Gasteiger partial charge in [-0.25, -0.2) is 0 Å². The van der Waals surface area contributed by atoms with Crippen molar-refractivity contribution in [1.82, 2.24) is 2.78 Å². The van der Waals surface area contributed by atoms with Crippen LogP contribution < -0.4 is 0 Å². The lowest BCUT2D eigenvalue weighted by Gasteiger charge is -2.34. The summed E-state index contributed by atoms with van der Waals surface area (Å²) >= 11 is 2.50. The average Bonchev–Trinajstić information content (AvgIpc) is 3.36. The molecule has 33 heavy (non-hydrogen) atoms. The standard InChI is InChI=1S/C31H20IN/c32-33-28-18-10-8-16-24(28)26-20-19-25-23-15-7-9-17-27(23)31(29(25)30(26)33,21-11-3-1-4-12-21)22-13-5-2-6-14-22/h1-20H. The van der Waals surface area contributed by atoms with Gasteiger partial charge in [0.25, 0.3) is 0 Å². The first-order valence-electron chi connectivity index (χ1n) is 11.3. The molecule has 0 radical (unpaired) electrons. The number of benzene rings is 5. The fourth-order valence-electron chi connectivity index (χ4n) is 5.93. The van der Waals surface area contributed by atoms with Gasteiger partial charge in [0.15, 0.2) is 0 Å². The molecule has 0 aliphatic heterocycles. The molecule has 5 aromatic carbocycles. The van der Waals surface area contributed by atoms with Crippen LogP contribution in [0.15, 0.2) is 121 Å². The molecule has 1 aliphatic rings. The molecule has 0 spiro atoms. The zero-order valence-electron chi connectivity index (χ0n) is 17.9. The van der Waals surface area contributed by atoms with Gasteiger partial charge in [0.2, 0.25) is 0 Å². The van der Waals surface area contributed by atoms with Crippen molar-refractivity contribution in [2.24, 2.45) is 0 Å². The fraction of sp³-hybridized carbons (Fsp3) is 0.0323. The molecule has 0 saturated heterocycles. The van der Waals surface area contributed by atoms with Gasteiger partial charge in [-0.2, -0.15) is 0 Å². The van der Waals surface area contributed by atoms with E-state index < -0.39 is 0 Å². The highest BCUT2D eigenvalue weighted by Gasteiger charge is 2.47. The molecule has 0 unspecified atom stereocenters. The molecule has 2 heteroatoms. The lowest BCUT2D eigenvalue weighted by atomic mass is 9.67. The summed E-state index contributed by atoms with van der Waals surface area (Å²) in [6, 6.07) is 44.4. The minimum absolute atomic E-state index is 0.384. The molecule has 0 bridgehead atoms. The molecule has 1 heterocycles. The normalized spacial score (nSPS) is 13.8. The van der Waals surface area contributed by atoms with Crippen LogP contribution in [0.4, 0.5) is 0 Å². The maximum absolute atomic E-state index is 2.50. The van der Waals surface area contributed by atoms with Crippen LogP contribution in [0.2, 0.25) is 0 Å². The summed E-state index contributed by atoms with van der Waals surface area (Å²) in [7, 11) is 0. The van der Waals surface area contributed by atoms with Crippen molar-refractivity contribution in [2.75, 3.05) is 0 Å². The number of nitrogens with zero attached hydrogens (tertiary/aromatic N) is 1. The Morgan fingerprint density at radius 1 is 0.515 bits per heavy atom. The summed E-state index contributed by atoms with van der Waals surface area (Å²) in [6.07, 6.45) is 0. The summed E-state index contributed by atoms with van der Waals surface area (Å²) < 4.78 is 2.37.